The highest BCUT2D eigenvalue weighted by Crippen LogP contribution is 2.25. The highest BCUT2D eigenvalue weighted by atomic mass is 35.5. The molecule has 0 atom stereocenters. The summed E-state index contributed by atoms with van der Waals surface area (Å²) in [5, 5.41) is 2.70. The van der Waals surface area contributed by atoms with Crippen molar-refractivity contribution in [2.75, 3.05) is 32.7 Å². The smallest absolute Gasteiger partial charge is 0.312 e. The van der Waals surface area contributed by atoms with Crippen LogP contribution in [-0.4, -0.2) is 62.3 Å². The third-order valence-electron chi connectivity index (χ3n) is 4.41. The number of rotatable bonds is 8. The van der Waals surface area contributed by atoms with Gasteiger partial charge in [-0.05, 0) is 25.0 Å². The molecule has 1 aromatic rings. The van der Waals surface area contributed by atoms with Gasteiger partial charge < -0.3 is 16.0 Å². The van der Waals surface area contributed by atoms with Crippen molar-refractivity contribution >= 4 is 33.6 Å². The van der Waals surface area contributed by atoms with Gasteiger partial charge >= 0.3 is 6.03 Å². The van der Waals surface area contributed by atoms with Crippen LogP contribution in [0.4, 0.5) is 4.79 Å². The van der Waals surface area contributed by atoms with Crippen LogP contribution in [0.3, 0.4) is 0 Å². The van der Waals surface area contributed by atoms with Crippen molar-refractivity contribution in [3.8, 4) is 0 Å². The van der Waals surface area contributed by atoms with Crippen molar-refractivity contribution in [3.63, 3.8) is 0 Å². The Morgan fingerprint density at radius 2 is 1.74 bits per heavy atom. The van der Waals surface area contributed by atoms with E-state index in [4.69, 9.17) is 17.3 Å². The van der Waals surface area contributed by atoms with E-state index in [1.807, 2.05) is 0 Å². The summed E-state index contributed by atoms with van der Waals surface area (Å²) in [5.74, 6) is 0.0210. The van der Waals surface area contributed by atoms with E-state index >= 15 is 0 Å². The van der Waals surface area contributed by atoms with Crippen molar-refractivity contribution < 1.29 is 18.0 Å². The van der Waals surface area contributed by atoms with E-state index in [2.05, 4.69) is 5.32 Å². The van der Waals surface area contributed by atoms with Crippen LogP contribution < -0.4 is 11.1 Å². The zero-order chi connectivity index (χ0) is 19.9. The second-order valence-corrected chi connectivity index (χ2v) is 8.63. The number of urea groups is 1. The van der Waals surface area contributed by atoms with E-state index < -0.39 is 16.1 Å². The highest BCUT2D eigenvalue weighted by Gasteiger charge is 2.31. The van der Waals surface area contributed by atoms with Crippen LogP contribution in [-0.2, 0) is 14.8 Å². The second kappa shape index (κ2) is 9.91. The zero-order valence-corrected chi connectivity index (χ0v) is 16.6. The van der Waals surface area contributed by atoms with Gasteiger partial charge in [0.05, 0.1) is 5.02 Å². The Balaban J connectivity index is 1.77. The third-order valence-corrected chi connectivity index (χ3v) is 6.81. The molecule has 150 valence electrons. The fourth-order valence-corrected chi connectivity index (χ4v) is 4.83. The Morgan fingerprint density at radius 3 is 2.37 bits per heavy atom. The maximum atomic E-state index is 12.7. The summed E-state index contributed by atoms with van der Waals surface area (Å²) in [7, 11) is -3.66. The first kappa shape index (κ1) is 21.5. The molecule has 10 heteroatoms. The molecule has 0 unspecified atom stereocenters. The maximum Gasteiger partial charge on any atom is 0.312 e. The molecule has 2 rings (SSSR count). The first-order chi connectivity index (χ1) is 12.8. The van der Waals surface area contributed by atoms with Gasteiger partial charge in [0.2, 0.25) is 15.9 Å². The molecule has 3 amide bonds. The van der Waals surface area contributed by atoms with Gasteiger partial charge in [-0.25, -0.2) is 13.2 Å². The molecule has 0 spiro atoms. The topological polar surface area (TPSA) is 113 Å². The van der Waals surface area contributed by atoms with E-state index in [-0.39, 0.29) is 28.9 Å². The summed E-state index contributed by atoms with van der Waals surface area (Å²) in [6, 6.07) is 5.81. The van der Waals surface area contributed by atoms with E-state index in [9.17, 15) is 18.0 Å². The molecule has 3 N–H and O–H groups in total. The van der Waals surface area contributed by atoms with Crippen LogP contribution in [0.1, 0.15) is 25.7 Å². The van der Waals surface area contributed by atoms with Gasteiger partial charge in [0.1, 0.15) is 4.90 Å². The molecule has 8 nitrogen and oxygen atoms in total. The number of piperazine rings is 1. The minimum absolute atomic E-state index is 0.0210. The number of nitrogens with one attached hydrogen (secondary N) is 1. The summed E-state index contributed by atoms with van der Waals surface area (Å²) >= 11 is 6.02. The lowest BCUT2D eigenvalue weighted by Gasteiger charge is -2.34. The Hall–Kier alpha value is -1.84. The quantitative estimate of drug-likeness (QED) is 0.623. The van der Waals surface area contributed by atoms with Gasteiger partial charge in [0.25, 0.3) is 0 Å². The number of nitrogens with zero attached hydrogens (tertiary/aromatic N) is 2. The number of carbonyl (C=O) groups is 2. The Labute approximate surface area is 164 Å². The number of halogens is 1. The van der Waals surface area contributed by atoms with Crippen LogP contribution in [0, 0.1) is 0 Å². The maximum absolute atomic E-state index is 12.7. The van der Waals surface area contributed by atoms with Gasteiger partial charge in [0.15, 0.2) is 0 Å². The first-order valence-electron chi connectivity index (χ1n) is 8.88. The van der Waals surface area contributed by atoms with Crippen molar-refractivity contribution in [1.82, 2.24) is 14.5 Å². The van der Waals surface area contributed by atoms with E-state index in [1.165, 1.54) is 10.4 Å². The Kier molecular flexibility index (Phi) is 7.88. The number of unbranched alkanes of at least 4 members (excludes halogenated alkanes) is 2. The van der Waals surface area contributed by atoms with Crippen molar-refractivity contribution in [3.05, 3.63) is 29.3 Å². The van der Waals surface area contributed by atoms with E-state index in [0.717, 1.165) is 19.3 Å². The third kappa shape index (κ3) is 6.08. The molecule has 0 saturated carbocycles. The molecular formula is C17H25ClN4O4S. The number of sulfonamides is 1. The number of nitrogens with two attached hydrogens (primary N) is 1. The molecule has 1 heterocycles. The van der Waals surface area contributed by atoms with E-state index in [0.29, 0.717) is 26.1 Å². The van der Waals surface area contributed by atoms with Gasteiger partial charge in [0, 0.05) is 39.1 Å². The highest BCUT2D eigenvalue weighted by molar-refractivity contribution is 7.89. The summed E-state index contributed by atoms with van der Waals surface area (Å²) in [5.41, 5.74) is 4.98. The minimum Gasteiger partial charge on any atom is -0.352 e. The second-order valence-electron chi connectivity index (χ2n) is 6.32. The van der Waals surface area contributed by atoms with Crippen LogP contribution in [0.25, 0.3) is 0 Å². The average molecular weight is 417 g/mol. The minimum atomic E-state index is -3.66. The molecule has 1 fully saturated rings. The monoisotopic (exact) mass is 416 g/mol. The molecule has 0 aliphatic carbocycles. The number of hydrogen-bond acceptors (Lipinski definition) is 4. The van der Waals surface area contributed by atoms with Gasteiger partial charge in [-0.15, -0.1) is 0 Å². The van der Waals surface area contributed by atoms with Crippen molar-refractivity contribution in [1.29, 1.82) is 0 Å². The molecule has 0 bridgehead atoms. The first-order valence-corrected chi connectivity index (χ1v) is 10.7. The fourth-order valence-electron chi connectivity index (χ4n) is 2.92. The molecule has 1 aliphatic heterocycles. The van der Waals surface area contributed by atoms with Crippen molar-refractivity contribution in [2.24, 2.45) is 5.73 Å². The van der Waals surface area contributed by atoms with E-state index in [1.54, 1.807) is 23.1 Å². The Bertz CT molecular complexity index is 764. The predicted molar refractivity (Wildman–Crippen MR) is 103 cm³/mol. The number of primary amides is 1. The summed E-state index contributed by atoms with van der Waals surface area (Å²) in [6.07, 6.45) is 2.71. The number of amides is 3. The predicted octanol–water partition coefficient (Wildman–Crippen LogP) is 1.40. The zero-order valence-electron chi connectivity index (χ0n) is 15.1. The molecular weight excluding hydrogens is 392 g/mol. The molecule has 0 radical (unpaired) electrons. The summed E-state index contributed by atoms with van der Waals surface area (Å²) < 4.78 is 26.8. The molecule has 27 heavy (non-hydrogen) atoms. The lowest BCUT2D eigenvalue weighted by atomic mass is 10.1. The molecule has 0 aromatic heterocycles. The SMILES string of the molecule is NC(=O)NCCCCCC(=O)N1CCN(S(=O)(=O)c2ccccc2Cl)CC1. The van der Waals surface area contributed by atoms with Gasteiger partial charge in [-0.1, -0.05) is 30.2 Å². The standard InChI is InChI=1S/C17H25ClN4O4S/c18-14-6-3-4-7-15(14)27(25,26)22-12-10-21(11-13-22)16(23)8-2-1-5-9-20-17(19)24/h3-4,6-7H,1-2,5,8-13H2,(H3,19,20,24). The number of hydrogen-bond donors (Lipinski definition) is 2. The number of carbonyl (C=O) groups excluding carboxylic acids is 2. The molecule has 1 aliphatic rings. The Morgan fingerprint density at radius 1 is 1.07 bits per heavy atom. The van der Waals surface area contributed by atoms with Crippen LogP contribution in [0.15, 0.2) is 29.2 Å². The van der Waals surface area contributed by atoms with Gasteiger partial charge in [-0.2, -0.15) is 4.31 Å². The van der Waals surface area contributed by atoms with Crippen LogP contribution in [0.2, 0.25) is 5.02 Å². The van der Waals surface area contributed by atoms with Crippen molar-refractivity contribution in [2.45, 2.75) is 30.6 Å². The normalized spacial score (nSPS) is 15.5. The summed E-state index contributed by atoms with van der Waals surface area (Å²) in [4.78, 5) is 24.6. The average Bonchev–Trinajstić information content (AvgIpc) is 2.64. The summed E-state index contributed by atoms with van der Waals surface area (Å²) in [6.45, 7) is 1.74. The lowest BCUT2D eigenvalue weighted by Crippen LogP contribution is -2.50. The van der Waals surface area contributed by atoms with Gasteiger partial charge in [-0.3, -0.25) is 4.79 Å². The van der Waals surface area contributed by atoms with Crippen LogP contribution in [0.5, 0.6) is 0 Å². The lowest BCUT2D eigenvalue weighted by molar-refractivity contribution is -0.132. The largest absolute Gasteiger partial charge is 0.352 e. The fraction of sp³-hybridized carbons (Fsp3) is 0.529. The molecule has 1 aromatic carbocycles. The van der Waals surface area contributed by atoms with Crippen LogP contribution >= 0.6 is 11.6 Å². The molecule has 1 saturated heterocycles. The number of benzene rings is 1.